The number of unbranched alkanes of at least 4 members (excludes halogenated alkanes) is 34. The lowest BCUT2D eigenvalue weighted by atomic mass is 10.0. The molecule has 1 atom stereocenters. The molecule has 5 heteroatoms. The van der Waals surface area contributed by atoms with Crippen molar-refractivity contribution in [3.05, 3.63) is 12.2 Å². The van der Waals surface area contributed by atoms with E-state index < -0.39 is 6.10 Å². The Bertz CT molecular complexity index is 810. The van der Waals surface area contributed by atoms with Crippen LogP contribution in [0.4, 0.5) is 0 Å². The molecule has 5 nitrogen and oxygen atoms in total. The summed E-state index contributed by atoms with van der Waals surface area (Å²) in [6, 6.07) is 0. The molecule has 0 bridgehead atoms. The van der Waals surface area contributed by atoms with Crippen molar-refractivity contribution in [1.29, 1.82) is 0 Å². The molecule has 0 aliphatic heterocycles. The summed E-state index contributed by atoms with van der Waals surface area (Å²) >= 11 is 0. The van der Waals surface area contributed by atoms with Crippen LogP contribution in [0.15, 0.2) is 12.2 Å². The van der Waals surface area contributed by atoms with Crippen LogP contribution in [0, 0.1) is 0 Å². The van der Waals surface area contributed by atoms with E-state index in [1.165, 1.54) is 205 Å². The van der Waals surface area contributed by atoms with Gasteiger partial charge in [0.15, 0.2) is 6.10 Å². The van der Waals surface area contributed by atoms with Crippen LogP contribution in [-0.2, 0) is 23.8 Å². The number of esters is 2. The maximum Gasteiger partial charge on any atom is 0.306 e. The van der Waals surface area contributed by atoms with Crippen molar-refractivity contribution in [2.24, 2.45) is 0 Å². The normalized spacial score (nSPS) is 12.1. The quantitative estimate of drug-likeness (QED) is 0.0349. The molecular formula is C51H98O5. The highest BCUT2D eigenvalue weighted by molar-refractivity contribution is 5.70. The summed E-state index contributed by atoms with van der Waals surface area (Å²) in [7, 11) is 0. The van der Waals surface area contributed by atoms with Crippen molar-refractivity contribution in [3.8, 4) is 0 Å². The molecule has 0 N–H and O–H groups in total. The summed E-state index contributed by atoms with van der Waals surface area (Å²) in [6.45, 7) is 7.84. The zero-order valence-electron chi connectivity index (χ0n) is 38.2. The van der Waals surface area contributed by atoms with E-state index in [9.17, 15) is 9.59 Å². The lowest BCUT2D eigenvalue weighted by molar-refractivity contribution is -0.163. The Labute approximate surface area is 350 Å². The van der Waals surface area contributed by atoms with Crippen LogP contribution >= 0.6 is 0 Å². The fraction of sp³-hybridized carbons (Fsp3) is 0.922. The Kier molecular flexibility index (Phi) is 46.8. The highest BCUT2D eigenvalue weighted by atomic mass is 16.6. The van der Waals surface area contributed by atoms with Gasteiger partial charge < -0.3 is 14.2 Å². The van der Waals surface area contributed by atoms with E-state index in [1.54, 1.807) is 0 Å². The van der Waals surface area contributed by atoms with E-state index in [-0.39, 0.29) is 18.5 Å². The van der Waals surface area contributed by atoms with Gasteiger partial charge in [0.2, 0.25) is 0 Å². The van der Waals surface area contributed by atoms with E-state index in [2.05, 4.69) is 32.9 Å². The molecule has 0 aliphatic carbocycles. The SMILES string of the molecule is CCCCCC/C=C\CCCCCCCCOCC(COC(=O)CCCCCCCCCCCCCCCCCCC)OC(=O)CCCCCCCCCCC. The van der Waals surface area contributed by atoms with Crippen LogP contribution < -0.4 is 0 Å². The van der Waals surface area contributed by atoms with Crippen LogP contribution in [0.5, 0.6) is 0 Å². The lowest BCUT2D eigenvalue weighted by Crippen LogP contribution is -2.30. The van der Waals surface area contributed by atoms with Gasteiger partial charge in [0.25, 0.3) is 0 Å². The van der Waals surface area contributed by atoms with Gasteiger partial charge in [-0.15, -0.1) is 0 Å². The summed E-state index contributed by atoms with van der Waals surface area (Å²) in [5.74, 6) is -0.384. The van der Waals surface area contributed by atoms with Gasteiger partial charge in [0, 0.05) is 19.4 Å². The zero-order valence-corrected chi connectivity index (χ0v) is 38.2. The fourth-order valence-corrected chi connectivity index (χ4v) is 7.51. The summed E-state index contributed by atoms with van der Waals surface area (Å²) in [5, 5.41) is 0. The van der Waals surface area contributed by atoms with Crippen LogP contribution in [0.2, 0.25) is 0 Å². The largest absolute Gasteiger partial charge is 0.462 e. The molecule has 0 radical (unpaired) electrons. The molecule has 0 fully saturated rings. The molecule has 0 saturated heterocycles. The number of carbonyl (C=O) groups excluding carboxylic acids is 2. The van der Waals surface area contributed by atoms with E-state index in [4.69, 9.17) is 14.2 Å². The van der Waals surface area contributed by atoms with Gasteiger partial charge >= 0.3 is 11.9 Å². The average molecular weight is 791 g/mol. The van der Waals surface area contributed by atoms with Crippen molar-refractivity contribution in [1.82, 2.24) is 0 Å². The Hall–Kier alpha value is -1.36. The highest BCUT2D eigenvalue weighted by Crippen LogP contribution is 2.16. The number of ether oxygens (including phenoxy) is 3. The topological polar surface area (TPSA) is 61.8 Å². The molecule has 56 heavy (non-hydrogen) atoms. The summed E-state index contributed by atoms with van der Waals surface area (Å²) in [5.41, 5.74) is 0. The van der Waals surface area contributed by atoms with Crippen LogP contribution in [0.1, 0.15) is 278 Å². The molecule has 0 aromatic carbocycles. The fourth-order valence-electron chi connectivity index (χ4n) is 7.51. The summed E-state index contributed by atoms with van der Waals surface area (Å²) in [6.07, 6.45) is 53.6. The Balaban J connectivity index is 4.13. The number of allylic oxidation sites excluding steroid dienone is 2. The molecule has 0 saturated carbocycles. The van der Waals surface area contributed by atoms with Gasteiger partial charge in [0.05, 0.1) is 6.61 Å². The van der Waals surface area contributed by atoms with E-state index in [0.29, 0.717) is 26.1 Å². The van der Waals surface area contributed by atoms with Gasteiger partial charge in [-0.2, -0.15) is 0 Å². The minimum absolute atomic E-state index is 0.0917. The second kappa shape index (κ2) is 48.0. The number of rotatable bonds is 47. The van der Waals surface area contributed by atoms with Crippen molar-refractivity contribution < 1.29 is 23.8 Å². The van der Waals surface area contributed by atoms with E-state index in [0.717, 1.165) is 38.5 Å². The number of hydrogen-bond acceptors (Lipinski definition) is 5. The molecule has 0 rings (SSSR count). The minimum Gasteiger partial charge on any atom is -0.462 e. The smallest absolute Gasteiger partial charge is 0.306 e. The third kappa shape index (κ3) is 45.3. The molecule has 0 spiro atoms. The van der Waals surface area contributed by atoms with Gasteiger partial charge in [-0.05, 0) is 44.9 Å². The van der Waals surface area contributed by atoms with Crippen molar-refractivity contribution in [2.45, 2.75) is 284 Å². The second-order valence-electron chi connectivity index (χ2n) is 17.1. The zero-order chi connectivity index (χ0) is 40.7. The molecule has 0 aromatic heterocycles. The first kappa shape index (κ1) is 54.6. The molecule has 332 valence electrons. The van der Waals surface area contributed by atoms with Crippen molar-refractivity contribution >= 4 is 11.9 Å². The first-order valence-corrected chi connectivity index (χ1v) is 25.2. The molecule has 0 aliphatic rings. The standard InChI is InChI=1S/C51H98O5/c1-4-7-10-13-16-19-21-23-25-26-27-28-30-33-35-38-41-44-50(52)55-48-49(56-51(53)45-42-39-36-32-18-15-12-9-6-3)47-54-46-43-40-37-34-31-29-24-22-20-17-14-11-8-5-2/h20,22,49H,4-19,21,23-48H2,1-3H3/b22-20-. The number of carbonyl (C=O) groups is 2. The lowest BCUT2D eigenvalue weighted by Gasteiger charge is -2.18. The van der Waals surface area contributed by atoms with E-state index >= 15 is 0 Å². The third-order valence-electron chi connectivity index (χ3n) is 11.3. The number of hydrogen-bond donors (Lipinski definition) is 0. The molecule has 1 unspecified atom stereocenters. The Morgan fingerprint density at radius 3 is 1.11 bits per heavy atom. The molecule has 0 aromatic rings. The molecule has 0 amide bonds. The van der Waals surface area contributed by atoms with Crippen molar-refractivity contribution in [2.75, 3.05) is 19.8 Å². The predicted octanol–water partition coefficient (Wildman–Crippen LogP) is 16.7. The predicted molar refractivity (Wildman–Crippen MR) is 242 cm³/mol. The highest BCUT2D eigenvalue weighted by Gasteiger charge is 2.17. The Morgan fingerprint density at radius 1 is 0.375 bits per heavy atom. The second-order valence-corrected chi connectivity index (χ2v) is 17.1. The monoisotopic (exact) mass is 791 g/mol. The van der Waals surface area contributed by atoms with E-state index in [1.807, 2.05) is 0 Å². The first-order chi connectivity index (χ1) is 27.6. The molecule has 0 heterocycles. The Morgan fingerprint density at radius 2 is 0.696 bits per heavy atom. The van der Waals surface area contributed by atoms with Gasteiger partial charge in [0.1, 0.15) is 6.61 Å². The van der Waals surface area contributed by atoms with Crippen molar-refractivity contribution in [3.63, 3.8) is 0 Å². The van der Waals surface area contributed by atoms with Crippen LogP contribution in [0.25, 0.3) is 0 Å². The maximum absolute atomic E-state index is 12.7. The molecular weight excluding hydrogens is 693 g/mol. The van der Waals surface area contributed by atoms with Gasteiger partial charge in [-0.1, -0.05) is 232 Å². The maximum atomic E-state index is 12.7. The van der Waals surface area contributed by atoms with Crippen LogP contribution in [-0.4, -0.2) is 37.9 Å². The summed E-state index contributed by atoms with van der Waals surface area (Å²) in [4.78, 5) is 25.3. The third-order valence-corrected chi connectivity index (χ3v) is 11.3. The first-order valence-electron chi connectivity index (χ1n) is 25.2. The average Bonchev–Trinajstić information content (AvgIpc) is 3.20. The minimum atomic E-state index is -0.528. The van der Waals surface area contributed by atoms with Crippen LogP contribution in [0.3, 0.4) is 0 Å². The summed E-state index contributed by atoms with van der Waals surface area (Å²) < 4.78 is 17.4. The van der Waals surface area contributed by atoms with Gasteiger partial charge in [-0.25, -0.2) is 0 Å². The van der Waals surface area contributed by atoms with Gasteiger partial charge in [-0.3, -0.25) is 9.59 Å².